The van der Waals surface area contributed by atoms with Gasteiger partial charge in [-0.1, -0.05) is 48.5 Å². The number of carbonyl (C=O) groups is 2. The van der Waals surface area contributed by atoms with Crippen molar-refractivity contribution in [3.8, 4) is 0 Å². The summed E-state index contributed by atoms with van der Waals surface area (Å²) in [6.45, 7) is 15.1. The first-order valence-electron chi connectivity index (χ1n) is 7.59. The first kappa shape index (κ1) is 19.7. The van der Waals surface area contributed by atoms with E-state index in [0.29, 0.717) is 18.9 Å². The summed E-state index contributed by atoms with van der Waals surface area (Å²) in [5.74, 6) is -0.980. The summed E-state index contributed by atoms with van der Waals surface area (Å²) in [6, 6.07) is -0.302. The van der Waals surface area contributed by atoms with Gasteiger partial charge in [-0.15, -0.1) is 0 Å². The molecule has 0 heterocycles. The predicted octanol–water partition coefficient (Wildman–Crippen LogP) is 3.10. The highest BCUT2D eigenvalue weighted by Gasteiger charge is 2.26. The van der Waals surface area contributed by atoms with Crippen LogP contribution in [0.25, 0.3) is 0 Å². The Morgan fingerprint density at radius 1 is 1.05 bits per heavy atom. The second-order valence-electron chi connectivity index (χ2n) is 8.01. The van der Waals surface area contributed by atoms with E-state index in [1.165, 1.54) is 0 Å². The summed E-state index contributed by atoms with van der Waals surface area (Å²) in [5.41, 5.74) is -0.0736. The Hall–Kier alpha value is -1.26. The van der Waals surface area contributed by atoms with Gasteiger partial charge in [0.2, 0.25) is 0 Å². The van der Waals surface area contributed by atoms with Gasteiger partial charge in [0.05, 0.1) is 5.92 Å². The fourth-order valence-electron chi connectivity index (χ4n) is 1.78. The third kappa shape index (κ3) is 8.58. The lowest BCUT2D eigenvalue weighted by molar-refractivity contribution is -0.142. The lowest BCUT2D eigenvalue weighted by Crippen LogP contribution is -2.44. The van der Waals surface area contributed by atoms with Crippen LogP contribution < -0.4 is 10.6 Å². The molecule has 0 saturated carbocycles. The number of aliphatic carboxylic acids is 1. The maximum Gasteiger partial charge on any atom is 0.314 e. The fraction of sp³-hybridized carbons (Fsp3) is 0.875. The van der Waals surface area contributed by atoms with Crippen LogP contribution in [0.5, 0.6) is 0 Å². The highest BCUT2D eigenvalue weighted by molar-refractivity contribution is 5.75. The lowest BCUT2D eigenvalue weighted by Gasteiger charge is -2.29. The van der Waals surface area contributed by atoms with Crippen LogP contribution in [0.3, 0.4) is 0 Å². The third-order valence-electron chi connectivity index (χ3n) is 3.98. The van der Waals surface area contributed by atoms with Crippen LogP contribution in [0.4, 0.5) is 4.79 Å². The maximum atomic E-state index is 11.8. The van der Waals surface area contributed by atoms with Crippen molar-refractivity contribution < 1.29 is 14.7 Å². The number of rotatable bonds is 7. The average Bonchev–Trinajstić information content (AvgIpc) is 2.30. The highest BCUT2D eigenvalue weighted by Crippen LogP contribution is 2.25. The van der Waals surface area contributed by atoms with E-state index >= 15 is 0 Å². The van der Waals surface area contributed by atoms with Crippen LogP contribution in [-0.2, 0) is 4.79 Å². The van der Waals surface area contributed by atoms with E-state index < -0.39 is 11.9 Å². The van der Waals surface area contributed by atoms with Gasteiger partial charge < -0.3 is 15.7 Å². The zero-order valence-corrected chi connectivity index (χ0v) is 14.5. The van der Waals surface area contributed by atoms with Crippen molar-refractivity contribution in [2.24, 2.45) is 22.7 Å². The molecule has 0 aliphatic carbocycles. The second kappa shape index (κ2) is 7.66. The van der Waals surface area contributed by atoms with Gasteiger partial charge in [0.25, 0.3) is 0 Å². The first-order chi connectivity index (χ1) is 9.35. The standard InChI is InChI=1S/C16H32N2O3/c1-11(2)16(6,7)10-18-14(21)17-9-12(13(19)20)8-15(3,4)5/h11-12H,8-10H2,1-7H3,(H,19,20)(H2,17,18,21). The van der Waals surface area contributed by atoms with E-state index in [2.05, 4.69) is 38.3 Å². The predicted molar refractivity (Wildman–Crippen MR) is 85.2 cm³/mol. The molecule has 2 amide bonds. The van der Waals surface area contributed by atoms with Gasteiger partial charge in [-0.2, -0.15) is 0 Å². The number of amides is 2. The summed E-state index contributed by atoms with van der Waals surface area (Å²) in [4.78, 5) is 23.0. The molecular weight excluding hydrogens is 268 g/mol. The van der Waals surface area contributed by atoms with E-state index in [1.54, 1.807) is 0 Å². The van der Waals surface area contributed by atoms with Gasteiger partial charge in [-0.25, -0.2) is 4.79 Å². The largest absolute Gasteiger partial charge is 0.481 e. The normalized spacial score (nSPS) is 13.9. The van der Waals surface area contributed by atoms with Crippen molar-refractivity contribution in [2.75, 3.05) is 13.1 Å². The number of urea groups is 1. The molecule has 0 radical (unpaired) electrons. The molecule has 0 rings (SSSR count). The molecular formula is C16H32N2O3. The molecule has 3 N–H and O–H groups in total. The molecule has 5 nitrogen and oxygen atoms in total. The Bertz CT molecular complexity index is 357. The van der Waals surface area contributed by atoms with Gasteiger partial charge in [0.1, 0.15) is 0 Å². The van der Waals surface area contributed by atoms with E-state index in [4.69, 9.17) is 0 Å². The summed E-state index contributed by atoms with van der Waals surface area (Å²) in [5, 5.41) is 14.7. The SMILES string of the molecule is CC(C)C(C)(C)CNC(=O)NCC(CC(C)(C)C)C(=O)O. The molecule has 0 bridgehead atoms. The van der Waals surface area contributed by atoms with E-state index in [-0.39, 0.29) is 23.4 Å². The number of carbonyl (C=O) groups excluding carboxylic acids is 1. The number of carboxylic acids is 1. The van der Waals surface area contributed by atoms with Crippen molar-refractivity contribution in [1.29, 1.82) is 0 Å². The Morgan fingerprint density at radius 3 is 1.95 bits per heavy atom. The number of hydrogen-bond donors (Lipinski definition) is 3. The summed E-state index contributed by atoms with van der Waals surface area (Å²) in [6.07, 6.45) is 0.528. The van der Waals surface area contributed by atoms with Crippen LogP contribution in [0.15, 0.2) is 0 Å². The zero-order chi connectivity index (χ0) is 16.8. The molecule has 0 saturated heterocycles. The fourth-order valence-corrected chi connectivity index (χ4v) is 1.78. The van der Waals surface area contributed by atoms with Crippen LogP contribution in [-0.4, -0.2) is 30.2 Å². The van der Waals surface area contributed by atoms with Crippen LogP contribution in [0.2, 0.25) is 0 Å². The van der Waals surface area contributed by atoms with Crippen molar-refractivity contribution in [3.63, 3.8) is 0 Å². The van der Waals surface area contributed by atoms with Crippen molar-refractivity contribution in [3.05, 3.63) is 0 Å². The molecule has 0 aliphatic rings. The van der Waals surface area contributed by atoms with Crippen molar-refractivity contribution >= 4 is 12.0 Å². The van der Waals surface area contributed by atoms with Crippen LogP contribution >= 0.6 is 0 Å². The number of nitrogens with one attached hydrogen (secondary N) is 2. The molecule has 0 fully saturated rings. The molecule has 0 aromatic carbocycles. The minimum absolute atomic E-state index is 0.00888. The Labute approximate surface area is 128 Å². The number of carboxylic acid groups (broad SMARTS) is 1. The molecule has 1 atom stereocenters. The Kier molecular flexibility index (Phi) is 7.20. The van der Waals surface area contributed by atoms with Gasteiger partial charge in [-0.05, 0) is 23.2 Å². The molecule has 0 aromatic heterocycles. The summed E-state index contributed by atoms with van der Waals surface area (Å²) < 4.78 is 0. The number of hydrogen-bond acceptors (Lipinski definition) is 2. The van der Waals surface area contributed by atoms with Crippen molar-refractivity contribution in [2.45, 2.75) is 54.9 Å². The zero-order valence-electron chi connectivity index (χ0n) is 14.5. The van der Waals surface area contributed by atoms with E-state index in [0.717, 1.165) is 0 Å². The summed E-state index contributed by atoms with van der Waals surface area (Å²) in [7, 11) is 0. The molecule has 124 valence electrons. The second-order valence-corrected chi connectivity index (χ2v) is 8.01. The first-order valence-corrected chi connectivity index (χ1v) is 7.59. The molecule has 21 heavy (non-hydrogen) atoms. The van der Waals surface area contributed by atoms with Crippen LogP contribution in [0, 0.1) is 22.7 Å². The van der Waals surface area contributed by atoms with Gasteiger partial charge in [0.15, 0.2) is 0 Å². The highest BCUT2D eigenvalue weighted by atomic mass is 16.4. The minimum atomic E-state index is -0.868. The lowest BCUT2D eigenvalue weighted by atomic mass is 9.81. The van der Waals surface area contributed by atoms with Gasteiger partial charge in [-0.3, -0.25) is 4.79 Å². The maximum absolute atomic E-state index is 11.8. The monoisotopic (exact) mass is 300 g/mol. The summed E-state index contributed by atoms with van der Waals surface area (Å²) >= 11 is 0. The topological polar surface area (TPSA) is 78.4 Å². The quantitative estimate of drug-likeness (QED) is 0.676. The van der Waals surface area contributed by atoms with Crippen LogP contribution in [0.1, 0.15) is 54.9 Å². The van der Waals surface area contributed by atoms with E-state index in [9.17, 15) is 14.7 Å². The molecule has 5 heteroatoms. The third-order valence-corrected chi connectivity index (χ3v) is 3.98. The molecule has 1 unspecified atom stereocenters. The smallest absolute Gasteiger partial charge is 0.314 e. The molecule has 0 aliphatic heterocycles. The molecule has 0 aromatic rings. The van der Waals surface area contributed by atoms with Gasteiger partial charge in [0, 0.05) is 13.1 Å². The Balaban J connectivity index is 4.30. The van der Waals surface area contributed by atoms with E-state index in [1.807, 2.05) is 20.8 Å². The van der Waals surface area contributed by atoms with Crippen molar-refractivity contribution in [1.82, 2.24) is 10.6 Å². The van der Waals surface area contributed by atoms with Gasteiger partial charge >= 0.3 is 12.0 Å². The molecule has 0 spiro atoms. The Morgan fingerprint density at radius 2 is 1.57 bits per heavy atom. The average molecular weight is 300 g/mol. The minimum Gasteiger partial charge on any atom is -0.481 e.